The lowest BCUT2D eigenvalue weighted by Gasteiger charge is -2.32. The van der Waals surface area contributed by atoms with Crippen LogP contribution in [0.3, 0.4) is 0 Å². The molecule has 0 aromatic heterocycles. The van der Waals surface area contributed by atoms with Crippen molar-refractivity contribution in [2.24, 2.45) is 11.8 Å². The molecule has 2 heteroatoms. The minimum atomic E-state index is -0.367. The van der Waals surface area contributed by atoms with Crippen molar-refractivity contribution in [2.45, 2.75) is 51.0 Å². The minimum Gasteiger partial charge on any atom is -0.396 e. The monoisotopic (exact) mass is 262 g/mol. The molecule has 1 aliphatic rings. The lowest BCUT2D eigenvalue weighted by Crippen LogP contribution is -2.32. The summed E-state index contributed by atoms with van der Waals surface area (Å²) < 4.78 is 0. The van der Waals surface area contributed by atoms with Crippen LogP contribution in [0.4, 0.5) is 0 Å². The third-order valence-electron chi connectivity index (χ3n) is 4.53. The molecule has 0 radical (unpaired) electrons. The maximum absolute atomic E-state index is 10.4. The van der Waals surface area contributed by atoms with E-state index in [1.54, 1.807) is 0 Å². The molecule has 1 aliphatic carbocycles. The van der Waals surface area contributed by atoms with Crippen LogP contribution in [-0.2, 0) is 6.42 Å². The molecule has 2 N–H and O–H groups in total. The van der Waals surface area contributed by atoms with E-state index in [-0.39, 0.29) is 18.6 Å². The Kier molecular flexibility index (Phi) is 5.87. The predicted octanol–water partition coefficient (Wildman–Crippen LogP) is 3.17. The highest BCUT2D eigenvalue weighted by Gasteiger charge is 2.28. The third kappa shape index (κ3) is 4.32. The summed E-state index contributed by atoms with van der Waals surface area (Å²) in [5.41, 5.74) is 1.27. The molecule has 19 heavy (non-hydrogen) atoms. The van der Waals surface area contributed by atoms with Crippen molar-refractivity contribution < 1.29 is 10.2 Å². The second-order valence-corrected chi connectivity index (χ2v) is 5.84. The highest BCUT2D eigenvalue weighted by molar-refractivity contribution is 5.14. The van der Waals surface area contributed by atoms with E-state index < -0.39 is 0 Å². The highest BCUT2D eigenvalue weighted by Crippen LogP contribution is 2.32. The topological polar surface area (TPSA) is 40.5 Å². The van der Waals surface area contributed by atoms with Gasteiger partial charge in [-0.15, -0.1) is 0 Å². The molecule has 0 spiro atoms. The summed E-state index contributed by atoms with van der Waals surface area (Å²) in [5, 5.41) is 19.9. The zero-order chi connectivity index (χ0) is 13.5. The highest BCUT2D eigenvalue weighted by atomic mass is 16.3. The van der Waals surface area contributed by atoms with E-state index in [2.05, 4.69) is 12.1 Å². The molecule has 1 aromatic carbocycles. The molecule has 0 amide bonds. The number of aliphatic hydroxyl groups is 2. The number of aliphatic hydroxyl groups excluding tert-OH is 2. The van der Waals surface area contributed by atoms with Gasteiger partial charge in [0.25, 0.3) is 0 Å². The van der Waals surface area contributed by atoms with Crippen LogP contribution in [0.15, 0.2) is 30.3 Å². The lowest BCUT2D eigenvalue weighted by molar-refractivity contribution is 0.0167. The van der Waals surface area contributed by atoms with Crippen LogP contribution in [0.1, 0.15) is 44.1 Å². The molecule has 2 rings (SSSR count). The van der Waals surface area contributed by atoms with Gasteiger partial charge in [0, 0.05) is 12.5 Å². The van der Waals surface area contributed by atoms with Gasteiger partial charge in [-0.25, -0.2) is 0 Å². The summed E-state index contributed by atoms with van der Waals surface area (Å²) in [7, 11) is 0. The van der Waals surface area contributed by atoms with Gasteiger partial charge >= 0.3 is 0 Å². The number of aryl methyl sites for hydroxylation is 1. The second kappa shape index (κ2) is 7.66. The quantitative estimate of drug-likeness (QED) is 0.826. The van der Waals surface area contributed by atoms with Gasteiger partial charge in [-0.3, -0.25) is 0 Å². The van der Waals surface area contributed by atoms with E-state index in [4.69, 9.17) is 0 Å². The molecule has 1 aromatic rings. The van der Waals surface area contributed by atoms with Crippen LogP contribution in [0, 0.1) is 11.8 Å². The molecule has 0 unspecified atom stereocenters. The number of hydrogen-bond acceptors (Lipinski definition) is 2. The van der Waals surface area contributed by atoms with Crippen molar-refractivity contribution in [1.82, 2.24) is 0 Å². The normalized spacial score (nSPS) is 20.1. The lowest BCUT2D eigenvalue weighted by atomic mass is 9.77. The van der Waals surface area contributed by atoms with Gasteiger partial charge in [0.1, 0.15) is 0 Å². The Bertz CT molecular complexity index is 344. The van der Waals surface area contributed by atoms with E-state index >= 15 is 0 Å². The predicted molar refractivity (Wildman–Crippen MR) is 77.9 cm³/mol. The minimum absolute atomic E-state index is 0.0732. The molecule has 0 heterocycles. The van der Waals surface area contributed by atoms with Crippen molar-refractivity contribution in [3.8, 4) is 0 Å². The van der Waals surface area contributed by atoms with Gasteiger partial charge in [0.2, 0.25) is 0 Å². The summed E-state index contributed by atoms with van der Waals surface area (Å²) in [6, 6.07) is 10.3. The largest absolute Gasteiger partial charge is 0.396 e. The van der Waals surface area contributed by atoms with Gasteiger partial charge < -0.3 is 10.2 Å². The maximum atomic E-state index is 10.4. The van der Waals surface area contributed by atoms with Crippen LogP contribution in [-0.4, -0.2) is 22.9 Å². The average Bonchev–Trinajstić information content (AvgIpc) is 2.48. The van der Waals surface area contributed by atoms with Crippen LogP contribution in [0.2, 0.25) is 0 Å². The van der Waals surface area contributed by atoms with Crippen molar-refractivity contribution in [2.75, 3.05) is 6.61 Å². The average molecular weight is 262 g/mol. The summed E-state index contributed by atoms with van der Waals surface area (Å²) in [5.74, 6) is 0.591. The molecule has 2 atom stereocenters. The fraction of sp³-hybridized carbons (Fsp3) is 0.647. The molecule has 0 aliphatic heterocycles. The molecule has 0 saturated heterocycles. The van der Waals surface area contributed by atoms with Gasteiger partial charge in [-0.2, -0.15) is 0 Å². The molecular weight excluding hydrogens is 236 g/mol. The van der Waals surface area contributed by atoms with Crippen LogP contribution in [0.5, 0.6) is 0 Å². The molecular formula is C17H26O2. The summed E-state index contributed by atoms with van der Waals surface area (Å²) >= 11 is 0. The third-order valence-corrected chi connectivity index (χ3v) is 4.53. The van der Waals surface area contributed by atoms with Gasteiger partial charge in [-0.1, -0.05) is 62.4 Å². The first-order chi connectivity index (χ1) is 9.31. The number of rotatable bonds is 6. The van der Waals surface area contributed by atoms with E-state index in [0.29, 0.717) is 5.92 Å². The van der Waals surface area contributed by atoms with Crippen LogP contribution >= 0.6 is 0 Å². The summed E-state index contributed by atoms with van der Waals surface area (Å²) in [6.45, 7) is 0.126. The van der Waals surface area contributed by atoms with Crippen molar-refractivity contribution in [3.63, 3.8) is 0 Å². The Balaban J connectivity index is 1.84. The first kappa shape index (κ1) is 14.5. The molecule has 106 valence electrons. The van der Waals surface area contributed by atoms with Crippen molar-refractivity contribution in [1.29, 1.82) is 0 Å². The summed E-state index contributed by atoms with van der Waals surface area (Å²) in [6.07, 6.45) is 7.46. The van der Waals surface area contributed by atoms with E-state index in [9.17, 15) is 10.2 Å². The molecule has 0 bridgehead atoms. The molecule has 1 fully saturated rings. The SMILES string of the molecule is OC[C@@H](C1CCCCC1)[C@@H](O)CCc1ccccc1. The van der Waals surface area contributed by atoms with Crippen LogP contribution < -0.4 is 0 Å². The second-order valence-electron chi connectivity index (χ2n) is 5.84. The standard InChI is InChI=1S/C17H26O2/c18-13-16(15-9-5-2-6-10-15)17(19)12-11-14-7-3-1-4-8-14/h1,3-4,7-8,15-19H,2,5-6,9-13H2/t16-,17-/m0/s1. The molecule has 2 nitrogen and oxygen atoms in total. The Morgan fingerprint density at radius 2 is 1.74 bits per heavy atom. The first-order valence-electron chi connectivity index (χ1n) is 7.64. The van der Waals surface area contributed by atoms with Crippen LogP contribution in [0.25, 0.3) is 0 Å². The molecule has 1 saturated carbocycles. The maximum Gasteiger partial charge on any atom is 0.0596 e. The van der Waals surface area contributed by atoms with Crippen molar-refractivity contribution >= 4 is 0 Å². The zero-order valence-corrected chi connectivity index (χ0v) is 11.7. The van der Waals surface area contributed by atoms with Gasteiger partial charge in [-0.05, 0) is 24.3 Å². The summed E-state index contributed by atoms with van der Waals surface area (Å²) in [4.78, 5) is 0. The van der Waals surface area contributed by atoms with E-state index in [0.717, 1.165) is 12.8 Å². The Morgan fingerprint density at radius 1 is 1.05 bits per heavy atom. The Morgan fingerprint density at radius 3 is 2.37 bits per heavy atom. The Labute approximate surface area is 116 Å². The first-order valence-corrected chi connectivity index (χ1v) is 7.64. The fourth-order valence-corrected chi connectivity index (χ4v) is 3.32. The smallest absolute Gasteiger partial charge is 0.0596 e. The van der Waals surface area contributed by atoms with E-state index in [1.165, 1.54) is 37.7 Å². The Hall–Kier alpha value is -0.860. The van der Waals surface area contributed by atoms with Gasteiger partial charge in [0.05, 0.1) is 6.10 Å². The number of benzene rings is 1. The fourth-order valence-electron chi connectivity index (χ4n) is 3.32. The van der Waals surface area contributed by atoms with Gasteiger partial charge in [0.15, 0.2) is 0 Å². The van der Waals surface area contributed by atoms with E-state index in [1.807, 2.05) is 18.2 Å². The zero-order valence-electron chi connectivity index (χ0n) is 11.7. The van der Waals surface area contributed by atoms with Crippen molar-refractivity contribution in [3.05, 3.63) is 35.9 Å². The number of hydrogen-bond donors (Lipinski definition) is 2.